The van der Waals surface area contributed by atoms with Crippen LogP contribution in [0.5, 0.6) is 0 Å². The molecule has 0 aliphatic rings. The van der Waals surface area contributed by atoms with Gasteiger partial charge < -0.3 is 20.1 Å². The minimum atomic E-state index is -0.397. The molecule has 0 spiro atoms. The van der Waals surface area contributed by atoms with E-state index in [1.54, 1.807) is 25.3 Å². The van der Waals surface area contributed by atoms with Crippen molar-refractivity contribution in [2.24, 2.45) is 0 Å². The number of nitrogens with zero attached hydrogens (tertiary/aromatic N) is 3. The summed E-state index contributed by atoms with van der Waals surface area (Å²) in [6, 6.07) is 6.91. The molecule has 116 valence electrons. The lowest BCUT2D eigenvalue weighted by molar-refractivity contribution is 0.0601. The first-order chi connectivity index (χ1) is 10.7. The summed E-state index contributed by atoms with van der Waals surface area (Å²) in [4.78, 5) is 15.8. The molecule has 0 fully saturated rings. The number of anilines is 3. The van der Waals surface area contributed by atoms with Crippen molar-refractivity contribution < 1.29 is 14.3 Å². The van der Waals surface area contributed by atoms with Gasteiger partial charge in [-0.25, -0.2) is 4.79 Å². The second kappa shape index (κ2) is 7.89. The van der Waals surface area contributed by atoms with Gasteiger partial charge in [0.05, 0.1) is 25.5 Å². The highest BCUT2D eigenvalue weighted by Gasteiger charge is 2.06. The molecule has 1 aromatic heterocycles. The predicted octanol–water partition coefficient (Wildman–Crippen LogP) is 1.46. The smallest absolute Gasteiger partial charge is 0.337 e. The van der Waals surface area contributed by atoms with Gasteiger partial charge in [-0.1, -0.05) is 6.07 Å². The van der Waals surface area contributed by atoms with E-state index in [0.29, 0.717) is 36.2 Å². The van der Waals surface area contributed by atoms with Crippen molar-refractivity contribution in [2.75, 3.05) is 38.0 Å². The van der Waals surface area contributed by atoms with Crippen LogP contribution in [-0.4, -0.2) is 48.5 Å². The summed E-state index contributed by atoms with van der Waals surface area (Å²) in [6.07, 6.45) is 1.49. The fourth-order valence-corrected chi connectivity index (χ4v) is 1.69. The maximum atomic E-state index is 11.5. The molecule has 0 aliphatic carbocycles. The van der Waals surface area contributed by atoms with Crippen molar-refractivity contribution in [3.05, 3.63) is 36.0 Å². The van der Waals surface area contributed by atoms with Crippen molar-refractivity contribution in [3.63, 3.8) is 0 Å². The van der Waals surface area contributed by atoms with E-state index in [4.69, 9.17) is 4.74 Å². The second-order valence-corrected chi connectivity index (χ2v) is 4.28. The van der Waals surface area contributed by atoms with E-state index >= 15 is 0 Å². The van der Waals surface area contributed by atoms with Crippen LogP contribution >= 0.6 is 0 Å². The van der Waals surface area contributed by atoms with Gasteiger partial charge in [-0.2, -0.15) is 10.1 Å². The number of aromatic nitrogens is 3. The molecule has 8 nitrogen and oxygen atoms in total. The molecule has 0 unspecified atom stereocenters. The lowest BCUT2D eigenvalue weighted by Crippen LogP contribution is -2.11. The van der Waals surface area contributed by atoms with Gasteiger partial charge in [0.2, 0.25) is 5.95 Å². The van der Waals surface area contributed by atoms with Crippen LogP contribution in [0.1, 0.15) is 10.4 Å². The molecule has 1 heterocycles. The lowest BCUT2D eigenvalue weighted by atomic mass is 10.2. The van der Waals surface area contributed by atoms with Gasteiger partial charge in [0.1, 0.15) is 0 Å². The number of nitrogens with one attached hydrogen (secondary N) is 2. The van der Waals surface area contributed by atoms with Gasteiger partial charge in [-0.05, 0) is 18.2 Å². The zero-order valence-corrected chi connectivity index (χ0v) is 12.4. The zero-order valence-electron chi connectivity index (χ0n) is 12.4. The first-order valence-electron chi connectivity index (χ1n) is 6.61. The Balaban J connectivity index is 2.07. The van der Waals surface area contributed by atoms with E-state index < -0.39 is 5.97 Å². The third-order valence-corrected chi connectivity index (χ3v) is 2.70. The second-order valence-electron chi connectivity index (χ2n) is 4.28. The Morgan fingerprint density at radius 3 is 2.95 bits per heavy atom. The lowest BCUT2D eigenvalue weighted by Gasteiger charge is -2.08. The van der Waals surface area contributed by atoms with Crippen LogP contribution < -0.4 is 10.6 Å². The van der Waals surface area contributed by atoms with Gasteiger partial charge in [-0.3, -0.25) is 0 Å². The highest BCUT2D eigenvalue weighted by molar-refractivity contribution is 5.90. The van der Waals surface area contributed by atoms with Gasteiger partial charge in [0.25, 0.3) is 0 Å². The van der Waals surface area contributed by atoms with Crippen LogP contribution in [0.2, 0.25) is 0 Å². The minimum Gasteiger partial charge on any atom is -0.465 e. The molecule has 0 radical (unpaired) electrons. The van der Waals surface area contributed by atoms with E-state index in [9.17, 15) is 4.79 Å². The first-order valence-corrected chi connectivity index (χ1v) is 6.61. The first kappa shape index (κ1) is 15.6. The summed E-state index contributed by atoms with van der Waals surface area (Å²) in [5.41, 5.74) is 1.15. The van der Waals surface area contributed by atoms with Crippen LogP contribution in [0.3, 0.4) is 0 Å². The number of hydrogen-bond acceptors (Lipinski definition) is 8. The van der Waals surface area contributed by atoms with Crippen molar-refractivity contribution in [2.45, 2.75) is 0 Å². The number of carbonyl (C=O) groups is 1. The minimum absolute atomic E-state index is 0.395. The largest absolute Gasteiger partial charge is 0.465 e. The average molecular weight is 303 g/mol. The number of methoxy groups -OCH3 is 2. The number of ether oxygens (including phenoxy) is 2. The molecule has 0 bridgehead atoms. The summed E-state index contributed by atoms with van der Waals surface area (Å²) < 4.78 is 9.63. The van der Waals surface area contributed by atoms with E-state index in [2.05, 4.69) is 30.6 Å². The van der Waals surface area contributed by atoms with E-state index in [-0.39, 0.29) is 0 Å². The maximum Gasteiger partial charge on any atom is 0.337 e. The Morgan fingerprint density at radius 2 is 2.18 bits per heavy atom. The van der Waals surface area contributed by atoms with Gasteiger partial charge in [-0.15, -0.1) is 5.10 Å². The van der Waals surface area contributed by atoms with Crippen LogP contribution in [0.15, 0.2) is 30.5 Å². The summed E-state index contributed by atoms with van der Waals surface area (Å²) >= 11 is 0. The molecule has 0 saturated heterocycles. The number of carbonyl (C=O) groups excluding carboxylic acids is 1. The van der Waals surface area contributed by atoms with Crippen LogP contribution in [0, 0.1) is 0 Å². The van der Waals surface area contributed by atoms with Crippen molar-refractivity contribution in [1.29, 1.82) is 0 Å². The Bertz CT molecular complexity index is 635. The van der Waals surface area contributed by atoms with Crippen LogP contribution in [-0.2, 0) is 9.47 Å². The number of hydrogen-bond donors (Lipinski definition) is 2. The van der Waals surface area contributed by atoms with E-state index in [1.807, 2.05) is 6.07 Å². The van der Waals surface area contributed by atoms with Crippen molar-refractivity contribution >= 4 is 23.4 Å². The van der Waals surface area contributed by atoms with Gasteiger partial charge in [0.15, 0.2) is 5.82 Å². The molecular weight excluding hydrogens is 286 g/mol. The number of esters is 1. The molecule has 2 aromatic rings. The molecule has 2 rings (SSSR count). The van der Waals surface area contributed by atoms with Crippen LogP contribution in [0.4, 0.5) is 17.5 Å². The molecule has 2 N–H and O–H groups in total. The molecule has 8 heteroatoms. The Labute approximate surface area is 127 Å². The molecular formula is C14H17N5O3. The van der Waals surface area contributed by atoms with E-state index in [0.717, 1.165) is 0 Å². The molecule has 0 atom stereocenters. The highest BCUT2D eigenvalue weighted by Crippen LogP contribution is 2.16. The van der Waals surface area contributed by atoms with Crippen LogP contribution in [0.25, 0.3) is 0 Å². The summed E-state index contributed by atoms with van der Waals surface area (Å²) in [7, 11) is 2.96. The number of benzene rings is 1. The third-order valence-electron chi connectivity index (χ3n) is 2.70. The van der Waals surface area contributed by atoms with Gasteiger partial charge in [0, 0.05) is 19.3 Å². The standard InChI is InChI=1S/C14H17N5O3/c1-21-7-6-15-14-18-12(9-16-19-14)17-11-5-3-4-10(8-11)13(20)22-2/h3-5,8-9H,6-7H2,1-2H3,(H2,15,17,18,19). The van der Waals surface area contributed by atoms with Crippen molar-refractivity contribution in [1.82, 2.24) is 15.2 Å². The zero-order chi connectivity index (χ0) is 15.8. The molecule has 0 saturated carbocycles. The monoisotopic (exact) mass is 303 g/mol. The Morgan fingerprint density at radius 1 is 1.32 bits per heavy atom. The third kappa shape index (κ3) is 4.38. The summed E-state index contributed by atoms with van der Waals surface area (Å²) in [5, 5.41) is 13.8. The maximum absolute atomic E-state index is 11.5. The van der Waals surface area contributed by atoms with Gasteiger partial charge >= 0.3 is 5.97 Å². The predicted molar refractivity (Wildman–Crippen MR) is 81.3 cm³/mol. The fraction of sp³-hybridized carbons (Fsp3) is 0.286. The van der Waals surface area contributed by atoms with Crippen molar-refractivity contribution in [3.8, 4) is 0 Å². The average Bonchev–Trinajstić information content (AvgIpc) is 2.55. The molecule has 22 heavy (non-hydrogen) atoms. The summed E-state index contributed by atoms with van der Waals surface area (Å²) in [5.74, 6) is 0.509. The Kier molecular flexibility index (Phi) is 5.61. The molecule has 1 aromatic carbocycles. The fourth-order valence-electron chi connectivity index (χ4n) is 1.69. The summed E-state index contributed by atoms with van der Waals surface area (Å²) in [6.45, 7) is 1.13. The normalized spacial score (nSPS) is 10.1. The highest BCUT2D eigenvalue weighted by atomic mass is 16.5. The van der Waals surface area contributed by atoms with E-state index in [1.165, 1.54) is 13.3 Å². The SMILES string of the molecule is COCCNc1nncc(Nc2cccc(C(=O)OC)c2)n1. The topological polar surface area (TPSA) is 98.3 Å². The molecule has 0 aliphatic heterocycles. The number of rotatable bonds is 7. The molecule has 0 amide bonds. The quantitative estimate of drug-likeness (QED) is 0.586. The Hall–Kier alpha value is -2.74.